The van der Waals surface area contributed by atoms with Crippen molar-refractivity contribution in [1.82, 2.24) is 15.6 Å². The van der Waals surface area contributed by atoms with Gasteiger partial charge in [-0.15, -0.1) is 0 Å². The van der Waals surface area contributed by atoms with E-state index in [0.29, 0.717) is 18.0 Å². The molecule has 7 nitrogen and oxygen atoms in total. The van der Waals surface area contributed by atoms with Gasteiger partial charge < -0.3 is 20.7 Å². The minimum absolute atomic E-state index is 0.245. The Morgan fingerprint density at radius 1 is 1.14 bits per heavy atom. The molecule has 2 rings (SSSR count). The predicted molar refractivity (Wildman–Crippen MR) is 110 cm³/mol. The van der Waals surface area contributed by atoms with E-state index in [1.165, 1.54) is 0 Å². The van der Waals surface area contributed by atoms with Gasteiger partial charge in [-0.1, -0.05) is 0 Å². The molecule has 1 heterocycles. The number of hydrogen-bond donors (Lipinski definition) is 3. The predicted octanol–water partition coefficient (Wildman–Crippen LogP) is 3.26. The summed E-state index contributed by atoms with van der Waals surface area (Å²) >= 11 is 0. The van der Waals surface area contributed by atoms with Gasteiger partial charge in [-0.05, 0) is 71.0 Å². The Morgan fingerprint density at radius 2 is 1.82 bits per heavy atom. The van der Waals surface area contributed by atoms with E-state index in [1.54, 1.807) is 25.3 Å². The minimum Gasteiger partial charge on any atom is -0.494 e. The van der Waals surface area contributed by atoms with Crippen LogP contribution in [-0.4, -0.2) is 35.0 Å². The number of nitrogens with one attached hydrogen (secondary N) is 3. The molecule has 7 heteroatoms. The molecule has 1 aromatic heterocycles. The van der Waals surface area contributed by atoms with E-state index in [9.17, 15) is 9.59 Å². The summed E-state index contributed by atoms with van der Waals surface area (Å²) in [6.45, 7) is 9.83. The fourth-order valence-electron chi connectivity index (χ4n) is 2.44. The lowest BCUT2D eigenvalue weighted by atomic mass is 10.1. The summed E-state index contributed by atoms with van der Waals surface area (Å²) in [6, 6.07) is 10.0. The average Bonchev–Trinajstić information content (AvgIpc) is 2.62. The van der Waals surface area contributed by atoms with E-state index in [0.717, 1.165) is 11.4 Å². The van der Waals surface area contributed by atoms with Crippen LogP contribution in [0.3, 0.4) is 0 Å². The summed E-state index contributed by atoms with van der Waals surface area (Å²) < 4.78 is 5.43. The average molecular weight is 384 g/mol. The van der Waals surface area contributed by atoms with Gasteiger partial charge in [0.05, 0.1) is 12.2 Å². The highest BCUT2D eigenvalue weighted by molar-refractivity contribution is 6.01. The van der Waals surface area contributed by atoms with Gasteiger partial charge in [-0.25, -0.2) is 4.98 Å². The molecule has 2 amide bonds. The van der Waals surface area contributed by atoms with Crippen molar-refractivity contribution in [2.24, 2.45) is 0 Å². The molecule has 3 N–H and O–H groups in total. The molecule has 0 spiro atoms. The van der Waals surface area contributed by atoms with Crippen LogP contribution in [0.1, 0.15) is 45.0 Å². The Morgan fingerprint density at radius 3 is 2.43 bits per heavy atom. The number of benzene rings is 1. The van der Waals surface area contributed by atoms with Crippen molar-refractivity contribution in [1.29, 1.82) is 0 Å². The number of carbonyl (C=O) groups is 2. The molecule has 0 fully saturated rings. The molecule has 0 aliphatic rings. The second-order valence-corrected chi connectivity index (χ2v) is 7.42. The van der Waals surface area contributed by atoms with Crippen LogP contribution in [0.2, 0.25) is 0 Å². The van der Waals surface area contributed by atoms with Crippen molar-refractivity contribution in [3.05, 3.63) is 48.2 Å². The van der Waals surface area contributed by atoms with E-state index in [1.807, 2.05) is 52.0 Å². The number of carbonyl (C=O) groups excluding carboxylic acids is 2. The molecule has 0 radical (unpaired) electrons. The molecule has 0 saturated heterocycles. The first-order chi connectivity index (χ1) is 13.2. The Labute approximate surface area is 165 Å². The third-order valence-corrected chi connectivity index (χ3v) is 3.72. The number of rotatable bonds is 7. The van der Waals surface area contributed by atoms with E-state index >= 15 is 0 Å². The Kier molecular flexibility index (Phi) is 6.98. The second kappa shape index (κ2) is 9.21. The molecule has 1 unspecified atom stereocenters. The standard InChI is InChI=1S/C21H28N4O3/c1-6-28-16-11-9-15(10-12-16)24-18-17(8-7-13-22-18)20(27)23-14(2)19(26)25-21(3,4)5/h7-14H,6H2,1-5H3,(H,22,24)(H,23,27)(H,25,26). The van der Waals surface area contributed by atoms with Gasteiger partial charge in [0.1, 0.15) is 17.6 Å². The monoisotopic (exact) mass is 384 g/mol. The van der Waals surface area contributed by atoms with Crippen molar-refractivity contribution < 1.29 is 14.3 Å². The fourth-order valence-corrected chi connectivity index (χ4v) is 2.44. The van der Waals surface area contributed by atoms with E-state index < -0.39 is 6.04 Å². The van der Waals surface area contributed by atoms with Gasteiger partial charge in [-0.3, -0.25) is 9.59 Å². The van der Waals surface area contributed by atoms with E-state index in [4.69, 9.17) is 4.74 Å². The Balaban J connectivity index is 2.10. The van der Waals surface area contributed by atoms with Gasteiger partial charge >= 0.3 is 0 Å². The van der Waals surface area contributed by atoms with Crippen molar-refractivity contribution in [3.8, 4) is 5.75 Å². The molecule has 2 aromatic rings. The summed E-state index contributed by atoms with van der Waals surface area (Å²) in [5.41, 5.74) is 0.756. The lowest BCUT2D eigenvalue weighted by Crippen LogP contribution is -2.50. The van der Waals surface area contributed by atoms with Crippen LogP contribution in [0.5, 0.6) is 5.75 Å². The van der Waals surface area contributed by atoms with Gasteiger partial charge in [-0.2, -0.15) is 0 Å². The van der Waals surface area contributed by atoms with Gasteiger partial charge in [0.15, 0.2) is 0 Å². The number of aromatic nitrogens is 1. The number of ether oxygens (including phenoxy) is 1. The van der Waals surface area contributed by atoms with Crippen LogP contribution in [0.4, 0.5) is 11.5 Å². The van der Waals surface area contributed by atoms with Gasteiger partial charge in [0.25, 0.3) is 5.91 Å². The number of nitrogens with zero attached hydrogens (tertiary/aromatic N) is 1. The first-order valence-electron chi connectivity index (χ1n) is 9.27. The van der Waals surface area contributed by atoms with E-state index in [2.05, 4.69) is 20.9 Å². The number of amides is 2. The molecule has 0 saturated carbocycles. The van der Waals surface area contributed by atoms with E-state index in [-0.39, 0.29) is 17.4 Å². The van der Waals surface area contributed by atoms with Crippen molar-refractivity contribution in [2.45, 2.75) is 46.2 Å². The van der Waals surface area contributed by atoms with Crippen LogP contribution in [0, 0.1) is 0 Å². The summed E-state index contributed by atoms with van der Waals surface area (Å²) in [5.74, 6) is 0.558. The summed E-state index contributed by atoms with van der Waals surface area (Å²) in [6.07, 6.45) is 1.60. The van der Waals surface area contributed by atoms with Crippen LogP contribution < -0.4 is 20.7 Å². The molecular formula is C21H28N4O3. The molecule has 1 atom stereocenters. The molecule has 1 aromatic carbocycles. The minimum atomic E-state index is -0.676. The fraction of sp³-hybridized carbons (Fsp3) is 0.381. The second-order valence-electron chi connectivity index (χ2n) is 7.42. The zero-order valence-electron chi connectivity index (χ0n) is 17.0. The largest absolute Gasteiger partial charge is 0.494 e. The maximum Gasteiger partial charge on any atom is 0.255 e. The lowest BCUT2D eigenvalue weighted by Gasteiger charge is -2.23. The Hall–Kier alpha value is -3.09. The first kappa shape index (κ1) is 21.2. The topological polar surface area (TPSA) is 92.3 Å². The zero-order chi connectivity index (χ0) is 20.7. The molecule has 0 bridgehead atoms. The van der Waals surface area contributed by atoms with Crippen LogP contribution >= 0.6 is 0 Å². The maximum atomic E-state index is 12.7. The molecular weight excluding hydrogens is 356 g/mol. The third kappa shape index (κ3) is 6.26. The van der Waals surface area contributed by atoms with Crippen LogP contribution in [-0.2, 0) is 4.79 Å². The third-order valence-electron chi connectivity index (χ3n) is 3.72. The molecule has 0 aliphatic heterocycles. The Bertz CT molecular complexity index is 813. The highest BCUT2D eigenvalue weighted by atomic mass is 16.5. The van der Waals surface area contributed by atoms with Crippen molar-refractivity contribution in [3.63, 3.8) is 0 Å². The van der Waals surface area contributed by atoms with Crippen LogP contribution in [0.25, 0.3) is 0 Å². The van der Waals surface area contributed by atoms with Gasteiger partial charge in [0.2, 0.25) is 5.91 Å². The van der Waals surface area contributed by atoms with Crippen LogP contribution in [0.15, 0.2) is 42.6 Å². The molecule has 28 heavy (non-hydrogen) atoms. The van der Waals surface area contributed by atoms with Crippen molar-refractivity contribution >= 4 is 23.3 Å². The first-order valence-corrected chi connectivity index (χ1v) is 9.27. The number of anilines is 2. The SMILES string of the molecule is CCOc1ccc(Nc2ncccc2C(=O)NC(C)C(=O)NC(C)(C)C)cc1. The molecule has 0 aliphatic carbocycles. The summed E-state index contributed by atoms with van der Waals surface area (Å²) in [4.78, 5) is 29.2. The van der Waals surface area contributed by atoms with Gasteiger partial charge in [0, 0.05) is 17.4 Å². The summed E-state index contributed by atoms with van der Waals surface area (Å²) in [7, 11) is 0. The normalized spacial score (nSPS) is 12.0. The quantitative estimate of drug-likeness (QED) is 0.681. The smallest absolute Gasteiger partial charge is 0.255 e. The lowest BCUT2D eigenvalue weighted by molar-refractivity contribution is -0.124. The zero-order valence-corrected chi connectivity index (χ0v) is 17.0. The summed E-state index contributed by atoms with van der Waals surface area (Å²) in [5, 5.41) is 8.70. The maximum absolute atomic E-state index is 12.7. The highest BCUT2D eigenvalue weighted by Crippen LogP contribution is 2.21. The highest BCUT2D eigenvalue weighted by Gasteiger charge is 2.22. The van der Waals surface area contributed by atoms with Crippen molar-refractivity contribution in [2.75, 3.05) is 11.9 Å². The number of pyridine rings is 1. The number of hydrogen-bond acceptors (Lipinski definition) is 5. The molecule has 150 valence electrons.